The molecule has 3 N–H and O–H groups in total. The van der Waals surface area contributed by atoms with E-state index in [9.17, 15) is 18.0 Å². The third-order valence-corrected chi connectivity index (χ3v) is 6.55. The van der Waals surface area contributed by atoms with Gasteiger partial charge in [-0.25, -0.2) is 8.42 Å². The number of piperazine rings is 1. The summed E-state index contributed by atoms with van der Waals surface area (Å²) in [5, 5.41) is 9.14. The van der Waals surface area contributed by atoms with Gasteiger partial charge >= 0.3 is 0 Å². The van der Waals surface area contributed by atoms with Crippen LogP contribution in [0.5, 0.6) is 0 Å². The van der Waals surface area contributed by atoms with Crippen LogP contribution in [-0.4, -0.2) is 51.1 Å². The van der Waals surface area contributed by atoms with Gasteiger partial charge in [0.25, 0.3) is 0 Å². The van der Waals surface area contributed by atoms with Gasteiger partial charge in [-0.3, -0.25) is 9.59 Å². The molecule has 1 saturated heterocycles. The van der Waals surface area contributed by atoms with Gasteiger partial charge in [-0.05, 0) is 38.5 Å². The molecule has 0 unspecified atom stereocenters. The first-order valence-electron chi connectivity index (χ1n) is 9.51. The van der Waals surface area contributed by atoms with Gasteiger partial charge in [-0.1, -0.05) is 17.3 Å². The fourth-order valence-electron chi connectivity index (χ4n) is 3.23. The summed E-state index contributed by atoms with van der Waals surface area (Å²) in [4.78, 5) is 25.8. The molecule has 0 radical (unpaired) electrons. The summed E-state index contributed by atoms with van der Waals surface area (Å²) < 4.78 is 32.3. The molecule has 0 bridgehead atoms. The van der Waals surface area contributed by atoms with E-state index in [1.54, 1.807) is 0 Å². The Morgan fingerprint density at radius 3 is 2.60 bits per heavy atom. The van der Waals surface area contributed by atoms with Gasteiger partial charge in [0.2, 0.25) is 21.8 Å². The third kappa shape index (κ3) is 4.97. The first-order chi connectivity index (χ1) is 14.2. The number of hydrogen-bond donors (Lipinski definition) is 3. The van der Waals surface area contributed by atoms with Crippen LogP contribution in [0.1, 0.15) is 23.9 Å². The van der Waals surface area contributed by atoms with Crippen molar-refractivity contribution in [3.8, 4) is 0 Å². The average Bonchev–Trinajstić information content (AvgIpc) is 3.05. The maximum atomic E-state index is 12.5. The Balaban J connectivity index is 1.55. The molecule has 0 spiro atoms. The van der Waals surface area contributed by atoms with Gasteiger partial charge < -0.3 is 20.1 Å². The molecular formula is C19H25N5O5S. The van der Waals surface area contributed by atoms with Crippen molar-refractivity contribution in [1.29, 1.82) is 0 Å². The number of carbonyl (C=O) groups excluding carboxylic acids is 2. The van der Waals surface area contributed by atoms with E-state index in [1.807, 2.05) is 29.2 Å². The lowest BCUT2D eigenvalue weighted by Gasteiger charge is -2.28. The van der Waals surface area contributed by atoms with Crippen molar-refractivity contribution >= 4 is 27.5 Å². The maximum absolute atomic E-state index is 12.5. The number of amides is 2. The van der Waals surface area contributed by atoms with Gasteiger partial charge in [0.05, 0.1) is 12.6 Å². The zero-order valence-corrected chi connectivity index (χ0v) is 17.9. The topological polar surface area (TPSA) is 134 Å². The molecule has 0 aliphatic carbocycles. The number of rotatable bonds is 7. The van der Waals surface area contributed by atoms with Crippen molar-refractivity contribution in [2.24, 2.45) is 0 Å². The van der Waals surface area contributed by atoms with E-state index in [4.69, 9.17) is 4.52 Å². The number of sulfonamides is 1. The largest absolute Gasteiger partial charge is 0.360 e. The maximum Gasteiger partial charge on any atom is 0.246 e. The zero-order valence-electron chi connectivity index (χ0n) is 17.1. The van der Waals surface area contributed by atoms with E-state index in [0.29, 0.717) is 13.1 Å². The molecular weight excluding hydrogens is 410 g/mol. The second-order valence-electron chi connectivity index (χ2n) is 7.15. The van der Waals surface area contributed by atoms with E-state index < -0.39 is 22.0 Å². The molecule has 1 aliphatic heterocycles. The van der Waals surface area contributed by atoms with E-state index >= 15 is 0 Å². The van der Waals surface area contributed by atoms with Crippen LogP contribution in [0.2, 0.25) is 0 Å². The highest BCUT2D eigenvalue weighted by Gasteiger charge is 2.28. The molecule has 3 rings (SSSR count). The first-order valence-corrected chi connectivity index (χ1v) is 11.0. The average molecular weight is 436 g/mol. The van der Waals surface area contributed by atoms with Crippen LogP contribution < -0.4 is 20.3 Å². The standard InChI is InChI=1S/C19H25N5O5S/c1-12-18(14(3)29-22-12)30(27,28)23-13(2)19(26)21-10-15-4-6-16(7-5-15)24-9-8-20-17(25)11-24/h4-7,13,23H,8-11H2,1-3H3,(H,20,25)(H,21,26)/t13-/m0/s1. The SMILES string of the molecule is Cc1noc(C)c1S(=O)(=O)N[C@@H](C)C(=O)NCc1ccc(N2CCNC(=O)C2)cc1. The molecule has 1 aromatic heterocycles. The van der Waals surface area contributed by atoms with Crippen LogP contribution in [-0.2, 0) is 26.2 Å². The molecule has 10 nitrogen and oxygen atoms in total. The quantitative estimate of drug-likeness (QED) is 0.566. The van der Waals surface area contributed by atoms with Crippen LogP contribution in [0, 0.1) is 13.8 Å². The highest BCUT2D eigenvalue weighted by Crippen LogP contribution is 2.19. The minimum absolute atomic E-state index is 0.00869. The third-order valence-electron chi connectivity index (χ3n) is 4.77. The van der Waals surface area contributed by atoms with Crippen LogP contribution in [0.15, 0.2) is 33.7 Å². The van der Waals surface area contributed by atoms with Crippen molar-refractivity contribution in [3.63, 3.8) is 0 Å². The molecule has 30 heavy (non-hydrogen) atoms. The number of hydrogen-bond acceptors (Lipinski definition) is 7. The molecule has 1 fully saturated rings. The van der Waals surface area contributed by atoms with Gasteiger partial charge in [0.15, 0.2) is 5.76 Å². The predicted molar refractivity (Wildman–Crippen MR) is 109 cm³/mol. The normalized spacial score (nSPS) is 15.6. The second kappa shape index (κ2) is 8.84. The van der Waals surface area contributed by atoms with Crippen molar-refractivity contribution in [3.05, 3.63) is 41.3 Å². The molecule has 162 valence electrons. The predicted octanol–water partition coefficient (Wildman–Crippen LogP) is 0.211. The van der Waals surface area contributed by atoms with Gasteiger partial charge in [-0.15, -0.1) is 0 Å². The molecule has 2 amide bonds. The van der Waals surface area contributed by atoms with Crippen LogP contribution in [0.3, 0.4) is 0 Å². The van der Waals surface area contributed by atoms with Crippen LogP contribution >= 0.6 is 0 Å². The minimum atomic E-state index is -3.93. The van der Waals surface area contributed by atoms with Gasteiger partial charge in [0.1, 0.15) is 10.6 Å². The Labute approximate surface area is 175 Å². The summed E-state index contributed by atoms with van der Waals surface area (Å²) in [5.41, 5.74) is 2.02. The fraction of sp³-hybridized carbons (Fsp3) is 0.421. The summed E-state index contributed by atoms with van der Waals surface area (Å²) in [7, 11) is -3.93. The Kier molecular flexibility index (Phi) is 6.42. The lowest BCUT2D eigenvalue weighted by Crippen LogP contribution is -2.47. The first kappa shape index (κ1) is 21.8. The highest BCUT2D eigenvalue weighted by atomic mass is 32.2. The number of aromatic nitrogens is 1. The lowest BCUT2D eigenvalue weighted by atomic mass is 10.1. The number of benzene rings is 1. The molecule has 2 aromatic rings. The summed E-state index contributed by atoms with van der Waals surface area (Å²) >= 11 is 0. The number of nitrogens with one attached hydrogen (secondary N) is 3. The molecule has 1 aromatic carbocycles. The Bertz CT molecular complexity index is 1010. The molecule has 2 heterocycles. The monoisotopic (exact) mass is 435 g/mol. The van der Waals surface area contributed by atoms with Gasteiger partial charge in [0, 0.05) is 25.3 Å². The molecule has 0 saturated carbocycles. The van der Waals surface area contributed by atoms with Crippen LogP contribution in [0.4, 0.5) is 5.69 Å². The second-order valence-corrected chi connectivity index (χ2v) is 8.80. The number of nitrogens with zero attached hydrogens (tertiary/aromatic N) is 2. The summed E-state index contributed by atoms with van der Waals surface area (Å²) in [6, 6.07) is 6.53. The Hall–Kier alpha value is -2.92. The zero-order chi connectivity index (χ0) is 21.9. The molecule has 1 atom stereocenters. The summed E-state index contributed by atoms with van der Waals surface area (Å²) in [6.07, 6.45) is 0. The van der Waals surface area contributed by atoms with E-state index in [2.05, 4.69) is 20.5 Å². The number of aryl methyl sites for hydroxylation is 2. The number of carbonyl (C=O) groups is 2. The molecule has 1 aliphatic rings. The summed E-state index contributed by atoms with van der Waals surface area (Å²) in [6.45, 7) is 6.41. The number of anilines is 1. The van der Waals surface area contributed by atoms with Crippen molar-refractivity contribution in [1.82, 2.24) is 20.5 Å². The Morgan fingerprint density at radius 2 is 2.00 bits per heavy atom. The van der Waals surface area contributed by atoms with Gasteiger partial charge in [-0.2, -0.15) is 4.72 Å². The van der Waals surface area contributed by atoms with E-state index in [0.717, 1.165) is 17.8 Å². The van der Waals surface area contributed by atoms with Crippen molar-refractivity contribution < 1.29 is 22.5 Å². The van der Waals surface area contributed by atoms with E-state index in [-0.39, 0.29) is 28.8 Å². The van der Waals surface area contributed by atoms with Crippen molar-refractivity contribution in [2.75, 3.05) is 24.5 Å². The van der Waals surface area contributed by atoms with E-state index in [1.165, 1.54) is 20.8 Å². The minimum Gasteiger partial charge on any atom is -0.360 e. The molecule has 11 heteroatoms. The van der Waals surface area contributed by atoms with Crippen molar-refractivity contribution in [2.45, 2.75) is 38.3 Å². The Morgan fingerprint density at radius 1 is 1.30 bits per heavy atom. The smallest absolute Gasteiger partial charge is 0.246 e. The lowest BCUT2D eigenvalue weighted by molar-refractivity contribution is -0.122. The van der Waals surface area contributed by atoms with Crippen LogP contribution in [0.25, 0.3) is 0 Å². The highest BCUT2D eigenvalue weighted by molar-refractivity contribution is 7.89. The fourth-order valence-corrected chi connectivity index (χ4v) is 4.76. The summed E-state index contributed by atoms with van der Waals surface area (Å²) in [5.74, 6) is -0.299.